The van der Waals surface area contributed by atoms with Gasteiger partial charge in [0.1, 0.15) is 0 Å². The van der Waals surface area contributed by atoms with Crippen molar-refractivity contribution in [3.8, 4) is 17.5 Å². The first-order valence-corrected chi connectivity index (χ1v) is 12.4. The first-order chi connectivity index (χ1) is 15.0. The molecular weight excluding hydrogens is 432 g/mol. The van der Waals surface area contributed by atoms with Crippen molar-refractivity contribution in [2.45, 2.75) is 35.6 Å². The van der Waals surface area contributed by atoms with E-state index < -0.39 is 10.0 Å². The number of rotatable bonds is 6. The van der Waals surface area contributed by atoms with Gasteiger partial charge in [-0.2, -0.15) is 9.57 Å². The van der Waals surface area contributed by atoms with Crippen LogP contribution in [0.25, 0.3) is 11.5 Å². The van der Waals surface area contributed by atoms with Gasteiger partial charge >= 0.3 is 0 Å². The van der Waals surface area contributed by atoms with E-state index in [1.54, 1.807) is 40.7 Å². The van der Waals surface area contributed by atoms with Crippen molar-refractivity contribution in [1.82, 2.24) is 14.5 Å². The van der Waals surface area contributed by atoms with Gasteiger partial charge < -0.3 is 4.42 Å². The quantitative estimate of drug-likeness (QED) is 0.511. The van der Waals surface area contributed by atoms with Gasteiger partial charge in [0, 0.05) is 24.4 Å². The fourth-order valence-corrected chi connectivity index (χ4v) is 5.54. The van der Waals surface area contributed by atoms with Gasteiger partial charge in [-0.3, -0.25) is 0 Å². The number of benzene rings is 2. The first kappa shape index (κ1) is 21.6. The Balaban J connectivity index is 1.41. The summed E-state index contributed by atoms with van der Waals surface area (Å²) < 4.78 is 33.0. The zero-order chi connectivity index (χ0) is 21.8. The molecule has 1 aliphatic heterocycles. The van der Waals surface area contributed by atoms with E-state index in [9.17, 15) is 8.42 Å². The molecule has 1 aromatic heterocycles. The van der Waals surface area contributed by atoms with E-state index in [4.69, 9.17) is 9.68 Å². The molecule has 0 N–H and O–H groups in total. The molecule has 2 heterocycles. The van der Waals surface area contributed by atoms with Gasteiger partial charge in [0.15, 0.2) is 0 Å². The average molecular weight is 455 g/mol. The van der Waals surface area contributed by atoms with Gasteiger partial charge in [-0.25, -0.2) is 8.42 Å². The van der Waals surface area contributed by atoms with E-state index in [0.29, 0.717) is 47.0 Å². The monoisotopic (exact) mass is 454 g/mol. The standard InChI is InChI=1S/C22H22N4O3S2/c1-16-10-12-26(13-11-16)31(27,28)20-8-6-19(7-9-20)21-24-25-22(29-21)30-15-18-4-2-17(14-23)3-5-18/h2-9,16H,10-13,15H2,1H3. The number of piperidine rings is 1. The van der Waals surface area contributed by atoms with E-state index in [0.717, 1.165) is 18.4 Å². The van der Waals surface area contributed by atoms with Crippen molar-refractivity contribution in [3.05, 3.63) is 59.7 Å². The second kappa shape index (κ2) is 9.22. The summed E-state index contributed by atoms with van der Waals surface area (Å²) in [5.74, 6) is 1.55. The molecule has 1 fully saturated rings. The highest BCUT2D eigenvalue weighted by atomic mass is 32.2. The van der Waals surface area contributed by atoms with Crippen molar-refractivity contribution >= 4 is 21.8 Å². The maximum absolute atomic E-state index is 12.9. The van der Waals surface area contributed by atoms with Crippen molar-refractivity contribution < 1.29 is 12.8 Å². The zero-order valence-electron chi connectivity index (χ0n) is 17.1. The van der Waals surface area contributed by atoms with Crippen LogP contribution in [0.1, 0.15) is 30.9 Å². The molecule has 0 amide bonds. The Morgan fingerprint density at radius 3 is 2.42 bits per heavy atom. The van der Waals surface area contributed by atoms with Gasteiger partial charge in [-0.05, 0) is 60.7 Å². The molecule has 0 atom stereocenters. The minimum atomic E-state index is -3.48. The molecule has 2 aromatic carbocycles. The van der Waals surface area contributed by atoms with Crippen LogP contribution in [-0.4, -0.2) is 36.0 Å². The minimum absolute atomic E-state index is 0.278. The number of hydrogen-bond acceptors (Lipinski definition) is 7. The molecule has 0 saturated carbocycles. The van der Waals surface area contributed by atoms with E-state index in [1.165, 1.54) is 11.8 Å². The SMILES string of the molecule is CC1CCN(S(=O)(=O)c2ccc(-c3nnc(SCc4ccc(C#N)cc4)o3)cc2)CC1. The number of aromatic nitrogens is 2. The fourth-order valence-electron chi connectivity index (χ4n) is 3.35. The van der Waals surface area contributed by atoms with Crippen LogP contribution in [0.15, 0.2) is 63.1 Å². The normalized spacial score (nSPS) is 15.6. The van der Waals surface area contributed by atoms with E-state index >= 15 is 0 Å². The third-order valence-electron chi connectivity index (χ3n) is 5.33. The summed E-state index contributed by atoms with van der Waals surface area (Å²) in [5.41, 5.74) is 2.34. The van der Waals surface area contributed by atoms with Crippen LogP contribution in [0, 0.1) is 17.2 Å². The maximum atomic E-state index is 12.9. The minimum Gasteiger partial charge on any atom is -0.411 e. The molecule has 1 aliphatic rings. The van der Waals surface area contributed by atoms with Gasteiger partial charge in [-0.15, -0.1) is 10.2 Å². The highest BCUT2D eigenvalue weighted by molar-refractivity contribution is 7.98. The Kier molecular flexibility index (Phi) is 6.41. The summed E-state index contributed by atoms with van der Waals surface area (Å²) in [6.45, 7) is 3.28. The highest BCUT2D eigenvalue weighted by Crippen LogP contribution is 2.28. The summed E-state index contributed by atoms with van der Waals surface area (Å²) in [5, 5.41) is 17.4. The van der Waals surface area contributed by atoms with Crippen LogP contribution < -0.4 is 0 Å². The van der Waals surface area contributed by atoms with Gasteiger partial charge in [0.2, 0.25) is 15.9 Å². The second-order valence-electron chi connectivity index (χ2n) is 7.58. The molecule has 3 aromatic rings. The molecule has 0 spiro atoms. The highest BCUT2D eigenvalue weighted by Gasteiger charge is 2.28. The summed E-state index contributed by atoms with van der Waals surface area (Å²) in [6, 6.07) is 16.0. The molecule has 4 rings (SSSR count). The van der Waals surface area contributed by atoms with Crippen LogP contribution in [0.2, 0.25) is 0 Å². The van der Waals surface area contributed by atoms with Crippen molar-refractivity contribution in [3.63, 3.8) is 0 Å². The zero-order valence-corrected chi connectivity index (χ0v) is 18.7. The topological polar surface area (TPSA) is 100 Å². The largest absolute Gasteiger partial charge is 0.411 e. The summed E-state index contributed by atoms with van der Waals surface area (Å²) in [4.78, 5) is 0.278. The molecule has 0 unspecified atom stereocenters. The van der Waals surface area contributed by atoms with Crippen LogP contribution >= 0.6 is 11.8 Å². The third-order valence-corrected chi connectivity index (χ3v) is 8.14. The summed E-state index contributed by atoms with van der Waals surface area (Å²) in [7, 11) is -3.48. The second-order valence-corrected chi connectivity index (χ2v) is 10.4. The smallest absolute Gasteiger partial charge is 0.277 e. The van der Waals surface area contributed by atoms with Crippen LogP contribution in [0.5, 0.6) is 0 Å². The van der Waals surface area contributed by atoms with E-state index in [2.05, 4.69) is 23.2 Å². The van der Waals surface area contributed by atoms with E-state index in [1.807, 2.05) is 12.1 Å². The number of nitrogens with zero attached hydrogens (tertiary/aromatic N) is 4. The Bertz CT molecular complexity index is 1170. The Morgan fingerprint density at radius 2 is 1.77 bits per heavy atom. The average Bonchev–Trinajstić information content (AvgIpc) is 3.27. The molecule has 160 valence electrons. The molecule has 0 radical (unpaired) electrons. The van der Waals surface area contributed by atoms with Gasteiger partial charge in [0.05, 0.1) is 16.5 Å². The molecule has 7 nitrogen and oxygen atoms in total. The lowest BCUT2D eigenvalue weighted by atomic mass is 10.0. The number of sulfonamides is 1. The predicted molar refractivity (Wildman–Crippen MR) is 118 cm³/mol. The van der Waals surface area contributed by atoms with Crippen molar-refractivity contribution in [2.75, 3.05) is 13.1 Å². The number of thioether (sulfide) groups is 1. The van der Waals surface area contributed by atoms with Crippen molar-refractivity contribution in [2.24, 2.45) is 5.92 Å². The molecule has 0 bridgehead atoms. The third kappa shape index (κ3) is 4.98. The van der Waals surface area contributed by atoms with Crippen LogP contribution in [0.4, 0.5) is 0 Å². The molecule has 0 aliphatic carbocycles. The number of nitriles is 1. The molecular formula is C22H22N4O3S2. The molecule has 9 heteroatoms. The summed E-state index contributed by atoms with van der Waals surface area (Å²) >= 11 is 1.40. The van der Waals surface area contributed by atoms with Crippen molar-refractivity contribution in [1.29, 1.82) is 5.26 Å². The van der Waals surface area contributed by atoms with Crippen LogP contribution in [0.3, 0.4) is 0 Å². The predicted octanol–water partition coefficient (Wildman–Crippen LogP) is 4.32. The van der Waals surface area contributed by atoms with E-state index in [-0.39, 0.29) is 4.90 Å². The van der Waals surface area contributed by atoms with Gasteiger partial charge in [0.25, 0.3) is 5.22 Å². The lowest BCUT2D eigenvalue weighted by Crippen LogP contribution is -2.37. The molecule has 31 heavy (non-hydrogen) atoms. The maximum Gasteiger partial charge on any atom is 0.277 e. The Hall–Kier alpha value is -2.67. The summed E-state index contributed by atoms with van der Waals surface area (Å²) in [6.07, 6.45) is 1.78. The lowest BCUT2D eigenvalue weighted by molar-refractivity contribution is 0.288. The Labute approximate surface area is 186 Å². The Morgan fingerprint density at radius 1 is 1.10 bits per heavy atom. The number of hydrogen-bond donors (Lipinski definition) is 0. The fraction of sp³-hybridized carbons (Fsp3) is 0.318. The first-order valence-electron chi connectivity index (χ1n) is 10.0. The lowest BCUT2D eigenvalue weighted by Gasteiger charge is -2.29. The van der Waals surface area contributed by atoms with Gasteiger partial charge in [-0.1, -0.05) is 30.8 Å². The molecule has 1 saturated heterocycles. The van der Waals surface area contributed by atoms with Crippen LogP contribution in [-0.2, 0) is 15.8 Å².